The van der Waals surface area contributed by atoms with E-state index in [9.17, 15) is 17.2 Å². The summed E-state index contributed by atoms with van der Waals surface area (Å²) in [6, 6.07) is 2.57. The van der Waals surface area contributed by atoms with E-state index in [-0.39, 0.29) is 38.4 Å². The number of alkyl halides is 1. The van der Waals surface area contributed by atoms with Gasteiger partial charge in [0.2, 0.25) is 5.95 Å². The van der Waals surface area contributed by atoms with Crippen LogP contribution in [-0.2, 0) is 9.84 Å². The zero-order valence-corrected chi connectivity index (χ0v) is 18.5. The molecule has 0 aliphatic rings. The molecule has 0 bridgehead atoms. The first-order valence-electron chi connectivity index (χ1n) is 9.12. The molecule has 31 heavy (non-hydrogen) atoms. The molecule has 3 rings (SSSR count). The van der Waals surface area contributed by atoms with Gasteiger partial charge in [-0.05, 0) is 26.8 Å². The number of nitrogens with zero attached hydrogens (tertiary/aromatic N) is 3. The Balaban J connectivity index is 2.26. The number of rotatable bonds is 6. The minimum atomic E-state index is -3.97. The van der Waals surface area contributed by atoms with Crippen molar-refractivity contribution in [1.82, 2.24) is 14.4 Å². The van der Waals surface area contributed by atoms with Gasteiger partial charge in [0.15, 0.2) is 16.0 Å². The summed E-state index contributed by atoms with van der Waals surface area (Å²) in [6.07, 6.45) is 0.836. The van der Waals surface area contributed by atoms with E-state index in [1.54, 1.807) is 0 Å². The van der Waals surface area contributed by atoms with Gasteiger partial charge < -0.3 is 15.6 Å². The van der Waals surface area contributed by atoms with Crippen molar-refractivity contribution in [2.75, 3.05) is 18.9 Å². The van der Waals surface area contributed by atoms with Gasteiger partial charge in [-0.15, -0.1) is 0 Å². The molecule has 0 amide bonds. The van der Waals surface area contributed by atoms with Gasteiger partial charge in [-0.1, -0.05) is 11.6 Å². The van der Waals surface area contributed by atoms with Gasteiger partial charge in [0.25, 0.3) is 0 Å². The second-order valence-electron chi connectivity index (χ2n) is 7.77. The molecule has 8 nitrogen and oxygen atoms in total. The Kier molecular flexibility index (Phi) is 6.14. The third kappa shape index (κ3) is 4.30. The number of imidazole rings is 1. The van der Waals surface area contributed by atoms with Gasteiger partial charge >= 0.3 is 0 Å². The van der Waals surface area contributed by atoms with E-state index in [0.717, 1.165) is 0 Å². The number of anilines is 1. The molecule has 168 valence electrons. The van der Waals surface area contributed by atoms with Crippen molar-refractivity contribution in [3.05, 3.63) is 35.5 Å². The lowest BCUT2D eigenvalue weighted by Crippen LogP contribution is -2.29. The minimum Gasteiger partial charge on any atom is -0.489 e. The molecule has 3 aromatic rings. The molecule has 0 saturated heterocycles. The third-order valence-electron chi connectivity index (χ3n) is 4.52. The number of nitrogens with two attached hydrogens (primary N) is 1. The average molecular weight is 475 g/mol. The Hall–Kier alpha value is -2.50. The van der Waals surface area contributed by atoms with Crippen molar-refractivity contribution in [2.24, 2.45) is 0 Å². The average Bonchev–Trinajstić information content (AvgIpc) is 3.09. The first kappa shape index (κ1) is 23.2. The number of hydrogen-bond acceptors (Lipinski definition) is 7. The van der Waals surface area contributed by atoms with Crippen molar-refractivity contribution in [3.8, 4) is 17.0 Å². The van der Waals surface area contributed by atoms with Crippen molar-refractivity contribution < 1.29 is 27.0 Å². The van der Waals surface area contributed by atoms with Crippen LogP contribution in [0.4, 0.5) is 14.6 Å². The normalized spacial score (nSPS) is 13.5. The summed E-state index contributed by atoms with van der Waals surface area (Å²) in [5, 5.41) is 8.91. The van der Waals surface area contributed by atoms with Crippen LogP contribution in [0.1, 0.15) is 20.8 Å². The highest BCUT2D eigenvalue weighted by molar-refractivity contribution is 7.92. The van der Waals surface area contributed by atoms with Crippen LogP contribution in [0.25, 0.3) is 16.9 Å². The number of aliphatic hydroxyl groups excluding tert-OH is 1. The van der Waals surface area contributed by atoms with Crippen molar-refractivity contribution in [2.45, 2.75) is 36.6 Å². The predicted octanol–water partition coefficient (Wildman–Crippen LogP) is 3.05. The highest BCUT2D eigenvalue weighted by Gasteiger charge is 2.35. The first-order chi connectivity index (χ1) is 14.4. The fourth-order valence-electron chi connectivity index (χ4n) is 2.72. The predicted molar refractivity (Wildman–Crippen MR) is 112 cm³/mol. The molecule has 0 unspecified atom stereocenters. The van der Waals surface area contributed by atoms with Gasteiger partial charge in [0.05, 0.1) is 33.8 Å². The van der Waals surface area contributed by atoms with Crippen LogP contribution in [-0.4, -0.2) is 52.0 Å². The summed E-state index contributed by atoms with van der Waals surface area (Å²) in [4.78, 5) is 7.47. The van der Waals surface area contributed by atoms with Crippen LogP contribution in [0.3, 0.4) is 0 Å². The largest absolute Gasteiger partial charge is 0.489 e. The van der Waals surface area contributed by atoms with Gasteiger partial charge in [-0.3, -0.25) is 4.40 Å². The van der Waals surface area contributed by atoms with Crippen LogP contribution >= 0.6 is 11.6 Å². The zero-order chi connectivity index (χ0) is 23.1. The number of ether oxygens (including phenoxy) is 1. The molecule has 1 atom stereocenters. The Labute approximate surface area is 182 Å². The first-order valence-corrected chi connectivity index (χ1v) is 11.0. The number of aromatic nitrogens is 3. The van der Waals surface area contributed by atoms with Crippen LogP contribution in [0.2, 0.25) is 5.02 Å². The smallest absolute Gasteiger partial charge is 0.224 e. The molecular weight excluding hydrogens is 454 g/mol. The van der Waals surface area contributed by atoms with Crippen molar-refractivity contribution >= 4 is 32.9 Å². The van der Waals surface area contributed by atoms with Crippen LogP contribution in [0.15, 0.2) is 29.4 Å². The van der Waals surface area contributed by atoms with Crippen molar-refractivity contribution in [3.63, 3.8) is 0 Å². The van der Waals surface area contributed by atoms with Crippen LogP contribution < -0.4 is 10.5 Å². The fraction of sp³-hybridized carbons (Fsp3) is 0.368. The number of hydrogen-bond donors (Lipinski definition) is 2. The SMILES string of the molecule is CC(C)(C)S(=O)(=O)c1cn2c(-c3cc(Cl)c(N)nc3F)cnc2cc1OC[C@@H](F)CO. The molecule has 0 aromatic carbocycles. The standard InChI is InChI=1S/C19H21ClF2N4O4S/c1-19(2,3)31(28,29)15-7-26-13(11-4-12(20)18(23)25-17(11)22)6-24-16(26)5-14(15)30-9-10(21)8-27/h4-7,10,27H,8-9H2,1-3H3,(H2,23,25)/t10-/m0/s1. The highest BCUT2D eigenvalue weighted by atomic mass is 35.5. The fourth-order valence-corrected chi connectivity index (χ4v) is 4.16. The van der Waals surface area contributed by atoms with E-state index in [1.807, 2.05) is 0 Å². The Morgan fingerprint density at radius 2 is 2.03 bits per heavy atom. The number of nitrogen functional groups attached to an aromatic ring is 1. The summed E-state index contributed by atoms with van der Waals surface area (Å²) in [5.74, 6) is -1.23. The summed E-state index contributed by atoms with van der Waals surface area (Å²) in [5.41, 5.74) is 5.88. The highest BCUT2D eigenvalue weighted by Crippen LogP contribution is 2.35. The Morgan fingerprint density at radius 1 is 1.35 bits per heavy atom. The Morgan fingerprint density at radius 3 is 2.65 bits per heavy atom. The molecule has 0 radical (unpaired) electrons. The summed E-state index contributed by atoms with van der Waals surface area (Å²) in [7, 11) is -3.97. The van der Waals surface area contributed by atoms with Crippen molar-refractivity contribution in [1.29, 1.82) is 0 Å². The lowest BCUT2D eigenvalue weighted by Gasteiger charge is -2.22. The molecule has 3 N–H and O–H groups in total. The number of sulfone groups is 1. The molecule has 0 aliphatic heterocycles. The Bertz CT molecular complexity index is 1240. The molecule has 0 aliphatic carbocycles. The number of fused-ring (bicyclic) bond motifs is 1. The van der Waals surface area contributed by atoms with Crippen LogP contribution in [0, 0.1) is 5.95 Å². The molecule has 0 saturated carbocycles. The minimum absolute atomic E-state index is 0.0202. The van der Waals surface area contributed by atoms with Gasteiger partial charge in [-0.25, -0.2) is 22.8 Å². The molecule has 3 heterocycles. The molecular formula is C19H21ClF2N4O4S. The second kappa shape index (κ2) is 8.21. The summed E-state index contributed by atoms with van der Waals surface area (Å²) < 4.78 is 59.9. The third-order valence-corrected chi connectivity index (χ3v) is 7.32. The molecule has 3 aromatic heterocycles. The van der Waals surface area contributed by atoms with Gasteiger partial charge in [-0.2, -0.15) is 4.39 Å². The van der Waals surface area contributed by atoms with Gasteiger partial charge in [0, 0.05) is 12.3 Å². The maximum absolute atomic E-state index is 14.5. The maximum Gasteiger partial charge on any atom is 0.224 e. The van der Waals surface area contributed by atoms with E-state index in [4.69, 9.17) is 27.2 Å². The number of halogens is 3. The molecule has 12 heteroatoms. The lowest BCUT2D eigenvalue weighted by atomic mass is 10.2. The van der Waals surface area contributed by atoms with E-state index < -0.39 is 39.9 Å². The van der Waals surface area contributed by atoms with E-state index >= 15 is 0 Å². The lowest BCUT2D eigenvalue weighted by molar-refractivity contribution is 0.121. The van der Waals surface area contributed by atoms with Gasteiger partial charge in [0.1, 0.15) is 28.7 Å². The monoisotopic (exact) mass is 474 g/mol. The maximum atomic E-state index is 14.5. The van der Waals surface area contributed by atoms with E-state index in [1.165, 1.54) is 49.7 Å². The summed E-state index contributed by atoms with van der Waals surface area (Å²) >= 11 is 5.97. The van der Waals surface area contributed by atoms with Crippen LogP contribution in [0.5, 0.6) is 5.75 Å². The van der Waals surface area contributed by atoms with E-state index in [2.05, 4.69) is 9.97 Å². The number of aliphatic hydroxyl groups is 1. The molecule has 0 fully saturated rings. The topological polar surface area (TPSA) is 120 Å². The number of pyridine rings is 2. The quantitative estimate of drug-likeness (QED) is 0.527. The molecule has 0 spiro atoms. The summed E-state index contributed by atoms with van der Waals surface area (Å²) in [6.45, 7) is 3.17. The second-order valence-corrected chi connectivity index (χ2v) is 10.9. The zero-order valence-electron chi connectivity index (χ0n) is 16.9. The van der Waals surface area contributed by atoms with E-state index in [0.29, 0.717) is 0 Å².